The number of aromatic nitrogens is 2. The van der Waals surface area contributed by atoms with Crippen LogP contribution in [0.3, 0.4) is 0 Å². The lowest BCUT2D eigenvalue weighted by molar-refractivity contribution is -0.146. The Kier molecular flexibility index (Phi) is 10.5. The van der Waals surface area contributed by atoms with E-state index in [1.807, 2.05) is 6.92 Å². The van der Waals surface area contributed by atoms with Gasteiger partial charge in [-0.05, 0) is 54.3 Å². The Hall–Kier alpha value is -4.01. The van der Waals surface area contributed by atoms with E-state index >= 15 is 0 Å². The number of rotatable bonds is 12. The van der Waals surface area contributed by atoms with Crippen molar-refractivity contribution in [2.45, 2.75) is 69.7 Å². The normalized spacial score (nSPS) is 16.0. The molecule has 13 nitrogen and oxygen atoms in total. The number of hydrogen-bond donors (Lipinski definition) is 1. The van der Waals surface area contributed by atoms with Gasteiger partial charge in [-0.3, -0.25) is 14.4 Å². The number of sulfone groups is 1. The maximum atomic E-state index is 13.4. The Morgan fingerprint density at radius 2 is 1.81 bits per heavy atom. The third-order valence-corrected chi connectivity index (χ3v) is 10.5. The molecular formula is C32H38ClN5O8S. The van der Waals surface area contributed by atoms with Crippen molar-refractivity contribution < 1.29 is 37.4 Å². The second kappa shape index (κ2) is 14.4. The van der Waals surface area contributed by atoms with Gasteiger partial charge in [-0.25, -0.2) is 22.8 Å². The summed E-state index contributed by atoms with van der Waals surface area (Å²) in [5, 5.41) is 12.6. The molecule has 1 aromatic heterocycles. The van der Waals surface area contributed by atoms with Gasteiger partial charge >= 0.3 is 12.0 Å². The lowest BCUT2D eigenvalue weighted by Crippen LogP contribution is -2.50. The number of esters is 1. The molecule has 5 rings (SSSR count). The monoisotopic (exact) mass is 687 g/mol. The molecule has 0 unspecified atom stereocenters. The molecule has 3 heterocycles. The van der Waals surface area contributed by atoms with Crippen LogP contribution < -0.4 is 0 Å². The molecule has 1 fully saturated rings. The fourth-order valence-electron chi connectivity index (χ4n) is 6.04. The summed E-state index contributed by atoms with van der Waals surface area (Å²) in [6.45, 7) is 4.82. The fraction of sp³-hybridized carbons (Fsp3) is 0.469. The SMILES string of the molecule is CCCN(CCC(=O)OCc1ncc2n1C(=O)N(C1CCN(C(=O)[C@H](O)CS(=O)(=O)c3ccc4cc(Cl)ccc4c3)CC1)C2)C(C)=O. The van der Waals surface area contributed by atoms with E-state index in [0.717, 1.165) is 11.8 Å². The minimum atomic E-state index is -3.97. The molecular weight excluding hydrogens is 650 g/mol. The van der Waals surface area contributed by atoms with E-state index in [2.05, 4.69) is 4.98 Å². The van der Waals surface area contributed by atoms with Gasteiger partial charge in [-0.15, -0.1) is 0 Å². The van der Waals surface area contributed by atoms with Crippen LogP contribution in [0, 0.1) is 0 Å². The van der Waals surface area contributed by atoms with Crippen LogP contribution in [-0.4, -0.2) is 106 Å². The van der Waals surface area contributed by atoms with Crippen molar-refractivity contribution in [3.8, 4) is 0 Å². The van der Waals surface area contributed by atoms with Crippen LogP contribution >= 0.6 is 11.6 Å². The number of fused-ring (bicyclic) bond motifs is 2. The summed E-state index contributed by atoms with van der Waals surface area (Å²) in [5.74, 6) is -1.74. The average Bonchev–Trinajstić information content (AvgIpc) is 3.60. The molecule has 0 spiro atoms. The number of aliphatic hydroxyl groups excluding tert-OH is 1. The Labute approximate surface area is 277 Å². The summed E-state index contributed by atoms with van der Waals surface area (Å²) in [7, 11) is -3.97. The first-order chi connectivity index (χ1) is 22.4. The van der Waals surface area contributed by atoms with Gasteiger partial charge < -0.3 is 24.5 Å². The Morgan fingerprint density at radius 1 is 1.11 bits per heavy atom. The standard InChI is InChI=1S/C32H38ClN5O8S/c1-3-11-35(21(2)39)14-10-30(41)46-19-29-34-17-26-18-37(32(43)38(26)29)25-8-12-36(13-9-25)31(42)28(40)20-47(44,45)27-7-5-22-15-24(33)6-4-23(22)16-27/h4-7,15-17,25,28,40H,3,8-14,18-20H2,1-2H3/t28-/m1/s1. The van der Waals surface area contributed by atoms with Crippen molar-refractivity contribution in [3.63, 3.8) is 0 Å². The molecule has 0 bridgehead atoms. The van der Waals surface area contributed by atoms with Crippen LogP contribution in [0.5, 0.6) is 0 Å². The molecule has 1 saturated heterocycles. The van der Waals surface area contributed by atoms with Gasteiger partial charge in [0, 0.05) is 44.2 Å². The molecule has 0 aliphatic carbocycles. The molecule has 0 radical (unpaired) electrons. The van der Waals surface area contributed by atoms with Gasteiger partial charge in [0.1, 0.15) is 12.7 Å². The molecule has 2 aliphatic heterocycles. The van der Waals surface area contributed by atoms with Gasteiger partial charge in [0.25, 0.3) is 5.91 Å². The minimum Gasteiger partial charge on any atom is -0.457 e. The summed E-state index contributed by atoms with van der Waals surface area (Å²) >= 11 is 6.01. The number of benzene rings is 2. The van der Waals surface area contributed by atoms with Gasteiger partial charge in [0.15, 0.2) is 15.7 Å². The first kappa shape index (κ1) is 34.3. The highest BCUT2D eigenvalue weighted by molar-refractivity contribution is 7.91. The number of carbonyl (C=O) groups excluding carboxylic acids is 4. The molecule has 252 valence electrons. The van der Waals surface area contributed by atoms with Crippen molar-refractivity contribution in [1.29, 1.82) is 0 Å². The van der Waals surface area contributed by atoms with E-state index in [1.54, 1.807) is 40.3 Å². The third-order valence-electron chi connectivity index (χ3n) is 8.58. The number of hydrogen-bond acceptors (Lipinski definition) is 9. The lowest BCUT2D eigenvalue weighted by Gasteiger charge is -2.37. The summed E-state index contributed by atoms with van der Waals surface area (Å²) in [6, 6.07) is 9.15. The van der Waals surface area contributed by atoms with E-state index in [0.29, 0.717) is 47.9 Å². The average molecular weight is 688 g/mol. The molecule has 3 aromatic rings. The van der Waals surface area contributed by atoms with Gasteiger partial charge in [0.2, 0.25) is 5.91 Å². The van der Waals surface area contributed by atoms with Crippen LogP contribution in [0.4, 0.5) is 4.79 Å². The Balaban J connectivity index is 1.11. The van der Waals surface area contributed by atoms with Gasteiger partial charge in [0.05, 0.1) is 35.5 Å². The molecule has 2 aliphatic rings. The summed E-state index contributed by atoms with van der Waals surface area (Å²) in [5.41, 5.74) is 0.655. The largest absolute Gasteiger partial charge is 0.457 e. The molecule has 1 N–H and O–H groups in total. The van der Waals surface area contributed by atoms with E-state index in [4.69, 9.17) is 16.3 Å². The summed E-state index contributed by atoms with van der Waals surface area (Å²) in [4.78, 5) is 59.4. The molecule has 1 atom stereocenters. The minimum absolute atomic E-state index is 0.00422. The van der Waals surface area contributed by atoms with E-state index in [-0.39, 0.29) is 55.5 Å². The number of likely N-dealkylation sites (tertiary alicyclic amines) is 1. The predicted octanol–water partition coefficient (Wildman–Crippen LogP) is 2.99. The third kappa shape index (κ3) is 7.77. The zero-order valence-electron chi connectivity index (χ0n) is 26.3. The number of piperidine rings is 1. The first-order valence-electron chi connectivity index (χ1n) is 15.5. The van der Waals surface area contributed by atoms with Crippen LogP contribution in [-0.2, 0) is 42.1 Å². The maximum Gasteiger partial charge on any atom is 0.330 e. The van der Waals surface area contributed by atoms with Crippen LogP contribution in [0.25, 0.3) is 10.8 Å². The van der Waals surface area contributed by atoms with Crippen LogP contribution in [0.1, 0.15) is 51.0 Å². The highest BCUT2D eigenvalue weighted by Crippen LogP contribution is 2.28. The smallest absolute Gasteiger partial charge is 0.330 e. The molecule has 0 saturated carbocycles. The summed E-state index contributed by atoms with van der Waals surface area (Å²) in [6.07, 6.45) is 1.53. The second-order valence-electron chi connectivity index (χ2n) is 11.8. The zero-order valence-corrected chi connectivity index (χ0v) is 27.9. The summed E-state index contributed by atoms with van der Waals surface area (Å²) < 4.78 is 32.9. The predicted molar refractivity (Wildman–Crippen MR) is 172 cm³/mol. The van der Waals surface area contributed by atoms with E-state index in [1.165, 1.54) is 28.5 Å². The van der Waals surface area contributed by atoms with Gasteiger partial charge in [-0.1, -0.05) is 30.7 Å². The zero-order chi connectivity index (χ0) is 33.9. The second-order valence-corrected chi connectivity index (χ2v) is 14.3. The quantitative estimate of drug-likeness (QED) is 0.283. The molecule has 2 aromatic carbocycles. The van der Waals surface area contributed by atoms with E-state index in [9.17, 15) is 32.7 Å². The lowest BCUT2D eigenvalue weighted by atomic mass is 10.0. The van der Waals surface area contributed by atoms with E-state index < -0.39 is 33.6 Å². The molecule has 47 heavy (non-hydrogen) atoms. The number of halogens is 1. The van der Waals surface area contributed by atoms with Crippen molar-refractivity contribution in [1.82, 2.24) is 24.3 Å². The Morgan fingerprint density at radius 3 is 2.51 bits per heavy atom. The van der Waals surface area contributed by atoms with Crippen LogP contribution in [0.2, 0.25) is 5.02 Å². The maximum absolute atomic E-state index is 13.4. The van der Waals surface area contributed by atoms with Crippen molar-refractivity contribution in [2.24, 2.45) is 0 Å². The molecule has 3 amide bonds. The highest BCUT2D eigenvalue weighted by Gasteiger charge is 2.38. The number of carbonyl (C=O) groups is 4. The number of nitrogens with zero attached hydrogens (tertiary/aromatic N) is 5. The van der Waals surface area contributed by atoms with Crippen molar-refractivity contribution >= 4 is 56.0 Å². The fourth-order valence-corrected chi connectivity index (χ4v) is 7.56. The first-order valence-corrected chi connectivity index (χ1v) is 17.6. The van der Waals surface area contributed by atoms with Crippen LogP contribution in [0.15, 0.2) is 47.5 Å². The number of ether oxygens (including phenoxy) is 1. The Bertz CT molecular complexity index is 1790. The topological polar surface area (TPSA) is 159 Å². The number of aliphatic hydroxyl groups is 1. The van der Waals surface area contributed by atoms with Gasteiger partial charge in [-0.2, -0.15) is 0 Å². The highest BCUT2D eigenvalue weighted by atomic mass is 35.5. The molecule has 15 heteroatoms. The van der Waals surface area contributed by atoms with Crippen molar-refractivity contribution in [2.75, 3.05) is 31.9 Å². The van der Waals surface area contributed by atoms with Crippen molar-refractivity contribution in [3.05, 3.63) is 59.1 Å². The number of imidazole rings is 1. The number of amides is 3.